The maximum absolute atomic E-state index is 12.4. The van der Waals surface area contributed by atoms with E-state index < -0.39 is 0 Å². The molecule has 0 fully saturated rings. The topological polar surface area (TPSA) is 63.2 Å². The van der Waals surface area contributed by atoms with Crippen LogP contribution in [-0.2, 0) is 4.79 Å². The summed E-state index contributed by atoms with van der Waals surface area (Å²) in [5.74, 6) is 2.42. The monoisotopic (exact) mass is 498 g/mol. The fourth-order valence-corrected chi connectivity index (χ4v) is 4.02. The molecule has 0 aliphatic heterocycles. The van der Waals surface area contributed by atoms with Crippen molar-refractivity contribution in [1.29, 1.82) is 0 Å². The van der Waals surface area contributed by atoms with Crippen molar-refractivity contribution in [1.82, 2.24) is 0 Å². The Kier molecular flexibility index (Phi) is 13.3. The molecule has 2 aromatic rings. The Morgan fingerprint density at radius 2 is 1.17 bits per heavy atom. The van der Waals surface area contributed by atoms with Crippen LogP contribution < -0.4 is 23.7 Å². The molecule has 2 rings (SSSR count). The van der Waals surface area contributed by atoms with Gasteiger partial charge in [-0.3, -0.25) is 4.79 Å². The van der Waals surface area contributed by atoms with Crippen molar-refractivity contribution in [2.24, 2.45) is 0 Å². The van der Waals surface area contributed by atoms with E-state index in [1.165, 1.54) is 44.9 Å². The average molecular weight is 499 g/mol. The largest absolute Gasteiger partial charge is 0.493 e. The summed E-state index contributed by atoms with van der Waals surface area (Å²) in [4.78, 5) is 12.4. The van der Waals surface area contributed by atoms with Crippen LogP contribution in [0.5, 0.6) is 28.7 Å². The van der Waals surface area contributed by atoms with E-state index in [0.717, 1.165) is 24.0 Å². The Bertz CT molecular complexity index is 941. The normalized spacial score (nSPS) is 10.9. The summed E-state index contributed by atoms with van der Waals surface area (Å²) in [7, 11) is 6.32. The van der Waals surface area contributed by atoms with Crippen LogP contribution in [0.1, 0.15) is 82.3 Å². The average Bonchev–Trinajstić information content (AvgIpc) is 2.90. The highest BCUT2D eigenvalue weighted by Crippen LogP contribution is 2.38. The van der Waals surface area contributed by atoms with Gasteiger partial charge in [0.1, 0.15) is 0 Å². The number of esters is 1. The van der Waals surface area contributed by atoms with Crippen molar-refractivity contribution in [3.63, 3.8) is 0 Å². The zero-order valence-electron chi connectivity index (χ0n) is 22.6. The summed E-state index contributed by atoms with van der Waals surface area (Å²) >= 11 is 0. The maximum atomic E-state index is 12.4. The Hall–Kier alpha value is -3.15. The van der Waals surface area contributed by atoms with E-state index in [2.05, 4.69) is 6.92 Å². The van der Waals surface area contributed by atoms with Gasteiger partial charge < -0.3 is 23.7 Å². The molecule has 0 spiro atoms. The molecule has 0 N–H and O–H groups in total. The predicted molar refractivity (Wildman–Crippen MR) is 145 cm³/mol. The van der Waals surface area contributed by atoms with Crippen molar-refractivity contribution in [2.75, 3.05) is 28.4 Å². The van der Waals surface area contributed by atoms with Gasteiger partial charge in [-0.05, 0) is 41.8 Å². The van der Waals surface area contributed by atoms with Gasteiger partial charge in [-0.2, -0.15) is 0 Å². The lowest BCUT2D eigenvalue weighted by atomic mass is 10.1. The van der Waals surface area contributed by atoms with E-state index in [4.69, 9.17) is 23.7 Å². The van der Waals surface area contributed by atoms with Gasteiger partial charge in [0.15, 0.2) is 23.0 Å². The first kappa shape index (κ1) is 29.1. The minimum Gasteiger partial charge on any atom is -0.493 e. The summed E-state index contributed by atoms with van der Waals surface area (Å²) in [6.45, 7) is 2.24. The van der Waals surface area contributed by atoms with E-state index >= 15 is 0 Å². The number of carbonyl (C=O) groups excluding carboxylic acids is 1. The Morgan fingerprint density at radius 3 is 1.72 bits per heavy atom. The predicted octanol–water partition coefficient (Wildman–Crippen LogP) is 7.72. The number of methoxy groups -OCH3 is 4. The molecular formula is C30H42O6. The summed E-state index contributed by atoms with van der Waals surface area (Å²) < 4.78 is 27.3. The van der Waals surface area contributed by atoms with E-state index in [1.807, 2.05) is 36.4 Å². The highest BCUT2D eigenvalue weighted by molar-refractivity contribution is 5.76. The van der Waals surface area contributed by atoms with Gasteiger partial charge in [0.2, 0.25) is 5.75 Å². The molecule has 0 aliphatic rings. The van der Waals surface area contributed by atoms with Crippen LogP contribution in [0.3, 0.4) is 0 Å². The van der Waals surface area contributed by atoms with E-state index in [-0.39, 0.29) is 5.97 Å². The number of ether oxygens (including phenoxy) is 5. The third-order valence-corrected chi connectivity index (χ3v) is 6.05. The summed E-state index contributed by atoms with van der Waals surface area (Å²) in [6.07, 6.45) is 15.1. The second-order valence-electron chi connectivity index (χ2n) is 8.75. The first-order valence-corrected chi connectivity index (χ1v) is 12.9. The molecule has 36 heavy (non-hydrogen) atoms. The fourth-order valence-electron chi connectivity index (χ4n) is 4.02. The van der Waals surface area contributed by atoms with Crippen LogP contribution in [0.25, 0.3) is 12.2 Å². The number of rotatable bonds is 17. The third kappa shape index (κ3) is 9.48. The highest BCUT2D eigenvalue weighted by Gasteiger charge is 2.13. The van der Waals surface area contributed by atoms with E-state index in [1.54, 1.807) is 34.5 Å². The van der Waals surface area contributed by atoms with Crippen LogP contribution in [0.4, 0.5) is 0 Å². The second kappa shape index (κ2) is 16.5. The third-order valence-electron chi connectivity index (χ3n) is 6.05. The second-order valence-corrected chi connectivity index (χ2v) is 8.75. The lowest BCUT2D eigenvalue weighted by molar-refractivity contribution is -0.134. The van der Waals surface area contributed by atoms with Gasteiger partial charge >= 0.3 is 5.97 Å². The molecule has 0 aromatic heterocycles. The van der Waals surface area contributed by atoms with Crippen molar-refractivity contribution < 1.29 is 28.5 Å². The van der Waals surface area contributed by atoms with Crippen LogP contribution in [0.2, 0.25) is 0 Å². The molecule has 6 heteroatoms. The Morgan fingerprint density at radius 1 is 0.639 bits per heavy atom. The van der Waals surface area contributed by atoms with Gasteiger partial charge in [-0.25, -0.2) is 0 Å². The summed E-state index contributed by atoms with van der Waals surface area (Å²) in [5, 5.41) is 0. The molecule has 0 atom stereocenters. The number of benzene rings is 2. The van der Waals surface area contributed by atoms with Crippen molar-refractivity contribution in [2.45, 2.75) is 71.1 Å². The first-order chi connectivity index (χ1) is 17.6. The van der Waals surface area contributed by atoms with Crippen LogP contribution in [0.15, 0.2) is 30.3 Å². The number of hydrogen-bond donors (Lipinski definition) is 0. The molecule has 0 amide bonds. The molecular weight excluding hydrogens is 456 g/mol. The van der Waals surface area contributed by atoms with Crippen molar-refractivity contribution >= 4 is 18.1 Å². The minimum atomic E-state index is -0.234. The van der Waals surface area contributed by atoms with Crippen LogP contribution in [0, 0.1) is 0 Å². The SMILES string of the molecule is CCCCCCCCCCCC(=O)Oc1cc(/C=C\c2cc(OC)c(OC)c(OC)c2)ccc1OC. The van der Waals surface area contributed by atoms with Gasteiger partial charge in [0.05, 0.1) is 28.4 Å². The van der Waals surface area contributed by atoms with Crippen LogP contribution in [-0.4, -0.2) is 34.4 Å². The lowest BCUT2D eigenvalue weighted by Crippen LogP contribution is -2.08. The van der Waals surface area contributed by atoms with Gasteiger partial charge in [-0.15, -0.1) is 0 Å². The van der Waals surface area contributed by atoms with Crippen molar-refractivity contribution in [3.8, 4) is 28.7 Å². The molecule has 0 unspecified atom stereocenters. The van der Waals surface area contributed by atoms with E-state index in [9.17, 15) is 4.79 Å². The number of carbonyl (C=O) groups is 1. The van der Waals surface area contributed by atoms with Crippen molar-refractivity contribution in [3.05, 3.63) is 41.5 Å². The minimum absolute atomic E-state index is 0.234. The Labute approximate surface area is 216 Å². The molecule has 2 aromatic carbocycles. The molecule has 0 radical (unpaired) electrons. The van der Waals surface area contributed by atoms with Gasteiger partial charge in [0, 0.05) is 6.42 Å². The van der Waals surface area contributed by atoms with E-state index in [0.29, 0.717) is 35.2 Å². The maximum Gasteiger partial charge on any atom is 0.311 e. The lowest BCUT2D eigenvalue weighted by Gasteiger charge is -2.13. The molecule has 198 valence electrons. The summed E-state index contributed by atoms with van der Waals surface area (Å²) in [5.41, 5.74) is 1.75. The zero-order chi connectivity index (χ0) is 26.2. The Balaban J connectivity index is 1.95. The smallest absolute Gasteiger partial charge is 0.311 e. The van der Waals surface area contributed by atoms with Gasteiger partial charge in [0.25, 0.3) is 0 Å². The fraction of sp³-hybridized carbons (Fsp3) is 0.500. The molecule has 0 bridgehead atoms. The molecule has 0 heterocycles. The zero-order valence-corrected chi connectivity index (χ0v) is 22.6. The summed E-state index contributed by atoms with van der Waals surface area (Å²) in [6, 6.07) is 9.25. The molecule has 0 aliphatic carbocycles. The number of hydrogen-bond acceptors (Lipinski definition) is 6. The standard InChI is InChI=1S/C30H42O6/c1-6-7-8-9-10-11-12-13-14-15-29(31)36-26-20-23(18-19-25(26)32-2)16-17-24-21-27(33-3)30(35-5)28(22-24)34-4/h16-22H,6-15H2,1-5H3/b17-16-. The van der Waals surface area contributed by atoms with Gasteiger partial charge in [-0.1, -0.05) is 76.5 Å². The highest BCUT2D eigenvalue weighted by atomic mass is 16.6. The molecule has 0 saturated heterocycles. The quantitative estimate of drug-likeness (QED) is 0.0963. The molecule has 6 nitrogen and oxygen atoms in total. The van der Waals surface area contributed by atoms with Crippen LogP contribution >= 0.6 is 0 Å². The number of unbranched alkanes of at least 4 members (excludes halogenated alkanes) is 8. The molecule has 0 saturated carbocycles. The first-order valence-electron chi connectivity index (χ1n) is 12.9.